The Kier molecular flexibility index (Phi) is 5.80. The smallest absolute Gasteiger partial charge is 0.243 e. The lowest BCUT2D eigenvalue weighted by Crippen LogP contribution is -2.47. The summed E-state index contributed by atoms with van der Waals surface area (Å²) in [5, 5.41) is 3.22. The highest BCUT2D eigenvalue weighted by Crippen LogP contribution is 2.23. The van der Waals surface area contributed by atoms with Crippen LogP contribution in [0.15, 0.2) is 48.8 Å². The number of sulfonamides is 1. The van der Waals surface area contributed by atoms with Gasteiger partial charge in [-0.25, -0.2) is 8.42 Å². The number of pyridine rings is 1. The highest BCUT2D eigenvalue weighted by Gasteiger charge is 2.28. The van der Waals surface area contributed by atoms with Gasteiger partial charge >= 0.3 is 0 Å². The molecule has 1 aromatic heterocycles. The molecule has 8 heteroatoms. The van der Waals surface area contributed by atoms with Gasteiger partial charge in [-0.05, 0) is 48.9 Å². The minimum absolute atomic E-state index is 0.296. The minimum atomic E-state index is -3.64. The molecule has 0 spiro atoms. The summed E-state index contributed by atoms with van der Waals surface area (Å²) in [6, 6.07) is 8.94. The summed E-state index contributed by atoms with van der Waals surface area (Å²) in [5.74, 6) is -0.396. The average Bonchev–Trinajstić information content (AvgIpc) is 2.54. The van der Waals surface area contributed by atoms with Crippen molar-refractivity contribution >= 4 is 33.2 Å². The summed E-state index contributed by atoms with van der Waals surface area (Å²) in [6.07, 6.45) is 4.32. The predicted octanol–water partition coefficient (Wildman–Crippen LogP) is 2.21. The predicted molar refractivity (Wildman–Crippen MR) is 94.3 cm³/mol. The van der Waals surface area contributed by atoms with E-state index in [0.29, 0.717) is 17.3 Å². The van der Waals surface area contributed by atoms with Crippen molar-refractivity contribution in [2.45, 2.75) is 19.5 Å². The summed E-state index contributed by atoms with van der Waals surface area (Å²) >= 11 is 5.84. The first-order valence-electron chi connectivity index (χ1n) is 7.20. The SMILES string of the molecule is CC(C(=O)NCc1ccncc1)N(c1ccc(Cl)cc1)S(C)(=O)=O. The summed E-state index contributed by atoms with van der Waals surface area (Å²) in [7, 11) is -3.64. The quantitative estimate of drug-likeness (QED) is 0.848. The van der Waals surface area contributed by atoms with Crippen molar-refractivity contribution in [2.75, 3.05) is 10.6 Å². The van der Waals surface area contributed by atoms with Crippen LogP contribution in [0, 0.1) is 0 Å². The summed E-state index contributed by atoms with van der Waals surface area (Å²) in [6.45, 7) is 1.83. The van der Waals surface area contributed by atoms with Crippen LogP contribution in [0.2, 0.25) is 5.02 Å². The van der Waals surface area contributed by atoms with Gasteiger partial charge in [0.15, 0.2) is 0 Å². The molecule has 2 rings (SSSR count). The Bertz CT molecular complexity index is 795. The van der Waals surface area contributed by atoms with Crippen molar-refractivity contribution in [3.05, 3.63) is 59.4 Å². The zero-order valence-corrected chi connectivity index (χ0v) is 14.9. The zero-order chi connectivity index (χ0) is 17.7. The molecule has 0 aliphatic heterocycles. The molecule has 0 saturated carbocycles. The summed E-state index contributed by atoms with van der Waals surface area (Å²) in [4.78, 5) is 16.3. The molecule has 1 unspecified atom stereocenters. The topological polar surface area (TPSA) is 79.4 Å². The van der Waals surface area contributed by atoms with Crippen molar-refractivity contribution in [3.63, 3.8) is 0 Å². The molecule has 1 atom stereocenters. The first-order valence-corrected chi connectivity index (χ1v) is 9.43. The van der Waals surface area contributed by atoms with Gasteiger partial charge in [-0.15, -0.1) is 0 Å². The molecule has 1 aromatic carbocycles. The highest BCUT2D eigenvalue weighted by atomic mass is 35.5. The lowest BCUT2D eigenvalue weighted by molar-refractivity contribution is -0.122. The van der Waals surface area contributed by atoms with Crippen LogP contribution in [0.4, 0.5) is 5.69 Å². The molecule has 0 aliphatic rings. The van der Waals surface area contributed by atoms with Gasteiger partial charge < -0.3 is 5.32 Å². The maximum atomic E-state index is 12.4. The lowest BCUT2D eigenvalue weighted by Gasteiger charge is -2.28. The molecule has 0 radical (unpaired) electrons. The standard InChI is InChI=1S/C16H18ClN3O3S/c1-12(16(21)19-11-13-7-9-18-10-8-13)20(24(2,22)23)15-5-3-14(17)4-6-15/h3-10,12H,11H2,1-2H3,(H,19,21). The van der Waals surface area contributed by atoms with Gasteiger partial charge in [0.25, 0.3) is 0 Å². The first-order chi connectivity index (χ1) is 11.3. The number of anilines is 1. The van der Waals surface area contributed by atoms with Gasteiger partial charge in [0.05, 0.1) is 11.9 Å². The van der Waals surface area contributed by atoms with Crippen LogP contribution in [0.1, 0.15) is 12.5 Å². The van der Waals surface area contributed by atoms with Gasteiger partial charge in [-0.2, -0.15) is 0 Å². The molecule has 0 bridgehead atoms. The van der Waals surface area contributed by atoms with E-state index in [1.807, 2.05) is 0 Å². The Morgan fingerprint density at radius 3 is 2.33 bits per heavy atom. The number of nitrogens with zero attached hydrogens (tertiary/aromatic N) is 2. The monoisotopic (exact) mass is 367 g/mol. The molecule has 1 heterocycles. The van der Waals surface area contributed by atoms with Crippen LogP contribution >= 0.6 is 11.6 Å². The summed E-state index contributed by atoms with van der Waals surface area (Å²) < 4.78 is 25.4. The molecular formula is C16H18ClN3O3S. The number of halogens is 1. The Morgan fingerprint density at radius 1 is 1.21 bits per heavy atom. The maximum absolute atomic E-state index is 12.4. The Balaban J connectivity index is 2.17. The molecule has 0 fully saturated rings. The zero-order valence-electron chi connectivity index (χ0n) is 13.3. The minimum Gasteiger partial charge on any atom is -0.350 e. The largest absolute Gasteiger partial charge is 0.350 e. The van der Waals surface area contributed by atoms with Crippen molar-refractivity contribution in [1.29, 1.82) is 0 Å². The van der Waals surface area contributed by atoms with E-state index >= 15 is 0 Å². The van der Waals surface area contributed by atoms with Crippen molar-refractivity contribution in [2.24, 2.45) is 0 Å². The molecule has 0 aliphatic carbocycles. The van der Waals surface area contributed by atoms with Crippen molar-refractivity contribution in [3.8, 4) is 0 Å². The van der Waals surface area contributed by atoms with E-state index in [4.69, 9.17) is 11.6 Å². The van der Waals surface area contributed by atoms with E-state index in [1.54, 1.807) is 48.8 Å². The van der Waals surface area contributed by atoms with E-state index in [9.17, 15) is 13.2 Å². The number of benzene rings is 1. The molecule has 1 N–H and O–H groups in total. The number of hydrogen-bond donors (Lipinski definition) is 1. The van der Waals surface area contributed by atoms with Gasteiger partial charge in [-0.3, -0.25) is 14.1 Å². The third-order valence-electron chi connectivity index (χ3n) is 3.39. The van der Waals surface area contributed by atoms with E-state index in [0.717, 1.165) is 16.1 Å². The number of carbonyl (C=O) groups excluding carboxylic acids is 1. The fourth-order valence-corrected chi connectivity index (χ4v) is 3.54. The van der Waals surface area contributed by atoms with E-state index < -0.39 is 22.0 Å². The van der Waals surface area contributed by atoms with Crippen LogP contribution in [0.3, 0.4) is 0 Å². The summed E-state index contributed by atoms with van der Waals surface area (Å²) in [5.41, 5.74) is 1.26. The van der Waals surface area contributed by atoms with Crippen molar-refractivity contribution < 1.29 is 13.2 Å². The Labute approximate surface area is 146 Å². The Hall–Kier alpha value is -2.12. The number of amides is 1. The van der Waals surface area contributed by atoms with Crippen LogP contribution in [0.25, 0.3) is 0 Å². The van der Waals surface area contributed by atoms with Crippen LogP contribution in [0.5, 0.6) is 0 Å². The number of rotatable bonds is 6. The second kappa shape index (κ2) is 7.63. The fraction of sp³-hybridized carbons (Fsp3) is 0.250. The second-order valence-electron chi connectivity index (χ2n) is 5.28. The van der Waals surface area contributed by atoms with Crippen LogP contribution in [-0.2, 0) is 21.4 Å². The Morgan fingerprint density at radius 2 is 1.79 bits per heavy atom. The molecule has 0 saturated heterocycles. The molecule has 1 amide bonds. The third-order valence-corrected chi connectivity index (χ3v) is 4.88. The van der Waals surface area contributed by atoms with Crippen LogP contribution in [-0.4, -0.2) is 31.6 Å². The molecule has 128 valence electrons. The number of carbonyl (C=O) groups is 1. The van der Waals surface area contributed by atoms with Gasteiger partial charge in [0, 0.05) is 24.0 Å². The highest BCUT2D eigenvalue weighted by molar-refractivity contribution is 7.92. The van der Waals surface area contributed by atoms with E-state index in [-0.39, 0.29) is 0 Å². The molecule has 6 nitrogen and oxygen atoms in total. The van der Waals surface area contributed by atoms with Crippen LogP contribution < -0.4 is 9.62 Å². The second-order valence-corrected chi connectivity index (χ2v) is 7.58. The molecule has 2 aromatic rings. The van der Waals surface area contributed by atoms with Gasteiger partial charge in [0.1, 0.15) is 6.04 Å². The van der Waals surface area contributed by atoms with Gasteiger partial charge in [0.2, 0.25) is 15.9 Å². The normalized spacial score (nSPS) is 12.5. The lowest BCUT2D eigenvalue weighted by atomic mass is 10.2. The number of aromatic nitrogens is 1. The number of hydrogen-bond acceptors (Lipinski definition) is 4. The molecule has 24 heavy (non-hydrogen) atoms. The molecular weight excluding hydrogens is 350 g/mol. The van der Waals surface area contributed by atoms with Gasteiger partial charge in [-0.1, -0.05) is 11.6 Å². The van der Waals surface area contributed by atoms with Crippen molar-refractivity contribution in [1.82, 2.24) is 10.3 Å². The maximum Gasteiger partial charge on any atom is 0.243 e. The average molecular weight is 368 g/mol. The van der Waals surface area contributed by atoms with E-state index in [2.05, 4.69) is 10.3 Å². The number of nitrogens with one attached hydrogen (secondary N) is 1. The first kappa shape index (κ1) is 18.2. The van der Waals surface area contributed by atoms with E-state index in [1.165, 1.54) is 6.92 Å². The fourth-order valence-electron chi connectivity index (χ4n) is 2.23. The third kappa shape index (κ3) is 4.69.